The lowest BCUT2D eigenvalue weighted by Crippen LogP contribution is -2.23. The predicted molar refractivity (Wildman–Crippen MR) is 70.8 cm³/mol. The molecule has 1 aromatic rings. The highest BCUT2D eigenvalue weighted by atomic mass is 35.5. The van der Waals surface area contributed by atoms with Gasteiger partial charge in [0.05, 0.1) is 0 Å². The van der Waals surface area contributed by atoms with E-state index in [1.807, 2.05) is 0 Å². The maximum absolute atomic E-state index is 6.25. The molecule has 3 rings (SSSR count). The lowest BCUT2D eigenvalue weighted by atomic mass is 9.84. The average molecular weight is 251 g/mol. The molecule has 0 saturated heterocycles. The minimum atomic E-state index is 0.388. The Morgan fingerprint density at radius 1 is 1.24 bits per heavy atom. The van der Waals surface area contributed by atoms with Gasteiger partial charge in [0.15, 0.2) is 0 Å². The first-order chi connectivity index (χ1) is 8.31. The van der Waals surface area contributed by atoms with Crippen molar-refractivity contribution in [3.05, 3.63) is 29.8 Å². The van der Waals surface area contributed by atoms with Crippen molar-refractivity contribution in [1.82, 2.24) is 0 Å². The van der Waals surface area contributed by atoms with E-state index in [9.17, 15) is 0 Å². The van der Waals surface area contributed by atoms with Gasteiger partial charge in [-0.3, -0.25) is 0 Å². The molecule has 3 unspecified atom stereocenters. The first-order valence-corrected chi connectivity index (χ1v) is 7.13. The van der Waals surface area contributed by atoms with Crippen LogP contribution in [-0.4, -0.2) is 11.5 Å². The Hall–Kier alpha value is -0.690. The molecule has 1 aliphatic carbocycles. The Bertz CT molecular complexity index is 365. The van der Waals surface area contributed by atoms with Gasteiger partial charge in [-0.25, -0.2) is 0 Å². The molecule has 92 valence electrons. The van der Waals surface area contributed by atoms with E-state index in [4.69, 9.17) is 16.3 Å². The summed E-state index contributed by atoms with van der Waals surface area (Å²) in [5.41, 5.74) is 1.37. The maximum atomic E-state index is 6.25. The number of fused-ring (bicyclic) bond motifs is 1. The first kappa shape index (κ1) is 11.4. The van der Waals surface area contributed by atoms with Gasteiger partial charge in [0, 0.05) is 11.8 Å². The van der Waals surface area contributed by atoms with Gasteiger partial charge < -0.3 is 4.74 Å². The van der Waals surface area contributed by atoms with Crippen LogP contribution in [0.4, 0.5) is 0 Å². The van der Waals surface area contributed by atoms with Crippen LogP contribution >= 0.6 is 11.6 Å². The van der Waals surface area contributed by atoms with Gasteiger partial charge in [0.2, 0.25) is 0 Å². The van der Waals surface area contributed by atoms with Crippen molar-refractivity contribution >= 4 is 11.6 Å². The third kappa shape index (κ3) is 2.60. The van der Waals surface area contributed by atoms with Crippen molar-refractivity contribution in [2.75, 3.05) is 0 Å². The standard InChI is InChI=1S/C15H19ClO/c16-13-6-3-4-11(8-13)9-14-10-12-5-1-2-7-15(12)17-14/h1-2,5,7,11,13-14H,3-4,6,8-10H2. The van der Waals surface area contributed by atoms with Crippen molar-refractivity contribution in [2.45, 2.75) is 50.0 Å². The number of benzene rings is 1. The largest absolute Gasteiger partial charge is 0.490 e. The Morgan fingerprint density at radius 3 is 2.94 bits per heavy atom. The summed E-state index contributed by atoms with van der Waals surface area (Å²) in [5, 5.41) is 0.400. The second-order valence-corrected chi connectivity index (χ2v) is 6.03. The van der Waals surface area contributed by atoms with Gasteiger partial charge in [-0.15, -0.1) is 11.6 Å². The molecule has 17 heavy (non-hydrogen) atoms. The molecular formula is C15H19ClO. The van der Waals surface area contributed by atoms with E-state index in [0.717, 1.165) is 18.1 Å². The monoisotopic (exact) mass is 250 g/mol. The first-order valence-electron chi connectivity index (χ1n) is 6.70. The van der Waals surface area contributed by atoms with Gasteiger partial charge in [-0.1, -0.05) is 31.0 Å². The summed E-state index contributed by atoms with van der Waals surface area (Å²) >= 11 is 6.25. The van der Waals surface area contributed by atoms with Crippen LogP contribution in [0.5, 0.6) is 5.75 Å². The van der Waals surface area contributed by atoms with Crippen LogP contribution < -0.4 is 4.74 Å². The number of rotatable bonds is 2. The fourth-order valence-corrected chi connectivity index (χ4v) is 3.60. The molecule has 0 amide bonds. The van der Waals surface area contributed by atoms with E-state index in [1.165, 1.54) is 37.7 Å². The fourth-order valence-electron chi connectivity index (χ4n) is 3.20. The van der Waals surface area contributed by atoms with Crippen LogP contribution in [-0.2, 0) is 6.42 Å². The highest BCUT2D eigenvalue weighted by molar-refractivity contribution is 6.20. The van der Waals surface area contributed by atoms with Crippen LogP contribution in [0.25, 0.3) is 0 Å². The molecule has 1 fully saturated rings. The Labute approximate surface area is 108 Å². The molecule has 1 aliphatic heterocycles. The zero-order valence-corrected chi connectivity index (χ0v) is 10.8. The van der Waals surface area contributed by atoms with E-state index in [2.05, 4.69) is 24.3 Å². The minimum absolute atomic E-state index is 0.388. The molecule has 1 heterocycles. The summed E-state index contributed by atoms with van der Waals surface area (Å²) in [6.45, 7) is 0. The van der Waals surface area contributed by atoms with Crippen molar-refractivity contribution in [2.24, 2.45) is 5.92 Å². The average Bonchev–Trinajstić information content (AvgIpc) is 2.71. The summed E-state index contributed by atoms with van der Waals surface area (Å²) in [6, 6.07) is 8.41. The summed E-state index contributed by atoms with van der Waals surface area (Å²) in [5.74, 6) is 1.86. The lowest BCUT2D eigenvalue weighted by Gasteiger charge is -2.27. The number of alkyl halides is 1. The number of para-hydroxylation sites is 1. The third-order valence-electron chi connectivity index (χ3n) is 4.03. The number of ether oxygens (including phenoxy) is 1. The van der Waals surface area contributed by atoms with Crippen LogP contribution in [0, 0.1) is 5.92 Å². The van der Waals surface area contributed by atoms with E-state index in [0.29, 0.717) is 11.5 Å². The number of hydrogen-bond donors (Lipinski definition) is 0. The highest BCUT2D eigenvalue weighted by Gasteiger charge is 2.28. The molecule has 1 nitrogen and oxygen atoms in total. The van der Waals surface area contributed by atoms with Gasteiger partial charge in [0.25, 0.3) is 0 Å². The van der Waals surface area contributed by atoms with Gasteiger partial charge in [0.1, 0.15) is 11.9 Å². The Balaban J connectivity index is 1.58. The van der Waals surface area contributed by atoms with Crippen molar-refractivity contribution < 1.29 is 4.74 Å². The fraction of sp³-hybridized carbons (Fsp3) is 0.600. The molecule has 0 radical (unpaired) electrons. The topological polar surface area (TPSA) is 9.23 Å². The van der Waals surface area contributed by atoms with E-state index in [1.54, 1.807) is 0 Å². The highest BCUT2D eigenvalue weighted by Crippen LogP contribution is 2.35. The summed E-state index contributed by atoms with van der Waals surface area (Å²) in [6.07, 6.45) is 7.65. The van der Waals surface area contributed by atoms with Crippen LogP contribution in [0.15, 0.2) is 24.3 Å². The zero-order valence-electron chi connectivity index (χ0n) is 10.1. The minimum Gasteiger partial charge on any atom is -0.490 e. The molecule has 0 aromatic heterocycles. The lowest BCUT2D eigenvalue weighted by molar-refractivity contribution is 0.176. The SMILES string of the molecule is ClC1CCCC(CC2Cc3ccccc3O2)C1. The molecule has 2 heteroatoms. The maximum Gasteiger partial charge on any atom is 0.123 e. The Kier molecular flexibility index (Phi) is 3.28. The van der Waals surface area contributed by atoms with Gasteiger partial charge >= 0.3 is 0 Å². The zero-order chi connectivity index (χ0) is 11.7. The molecule has 0 spiro atoms. The smallest absolute Gasteiger partial charge is 0.123 e. The summed E-state index contributed by atoms with van der Waals surface area (Å²) in [4.78, 5) is 0. The van der Waals surface area contributed by atoms with Crippen LogP contribution in [0.1, 0.15) is 37.7 Å². The third-order valence-corrected chi connectivity index (χ3v) is 4.43. The van der Waals surface area contributed by atoms with Gasteiger partial charge in [-0.05, 0) is 36.8 Å². The van der Waals surface area contributed by atoms with E-state index in [-0.39, 0.29) is 0 Å². The molecular weight excluding hydrogens is 232 g/mol. The van der Waals surface area contributed by atoms with Crippen LogP contribution in [0.2, 0.25) is 0 Å². The number of halogens is 1. The van der Waals surface area contributed by atoms with Crippen molar-refractivity contribution in [3.63, 3.8) is 0 Å². The molecule has 1 aromatic carbocycles. The second-order valence-electron chi connectivity index (χ2n) is 5.42. The molecule has 0 N–H and O–H groups in total. The molecule has 3 atom stereocenters. The Morgan fingerprint density at radius 2 is 2.12 bits per heavy atom. The quantitative estimate of drug-likeness (QED) is 0.716. The summed E-state index contributed by atoms with van der Waals surface area (Å²) in [7, 11) is 0. The second kappa shape index (κ2) is 4.89. The normalized spacial score (nSPS) is 31.9. The predicted octanol–water partition coefficient (Wildman–Crippen LogP) is 4.18. The molecule has 2 aliphatic rings. The van der Waals surface area contributed by atoms with Gasteiger partial charge in [-0.2, -0.15) is 0 Å². The number of hydrogen-bond acceptors (Lipinski definition) is 1. The van der Waals surface area contributed by atoms with Crippen LogP contribution in [0.3, 0.4) is 0 Å². The molecule has 1 saturated carbocycles. The van der Waals surface area contributed by atoms with E-state index >= 15 is 0 Å². The van der Waals surface area contributed by atoms with E-state index < -0.39 is 0 Å². The van der Waals surface area contributed by atoms with Crippen molar-refractivity contribution in [1.29, 1.82) is 0 Å². The summed E-state index contributed by atoms with van der Waals surface area (Å²) < 4.78 is 6.00. The van der Waals surface area contributed by atoms with Crippen molar-refractivity contribution in [3.8, 4) is 5.75 Å². The molecule has 0 bridgehead atoms.